The van der Waals surface area contributed by atoms with Crippen molar-refractivity contribution in [2.24, 2.45) is 0 Å². The molecule has 1 fully saturated rings. The van der Waals surface area contributed by atoms with Crippen LogP contribution < -0.4 is 0 Å². The number of aliphatic hydroxyl groups excluding tert-OH is 2. The molecule has 21 heavy (non-hydrogen) atoms. The van der Waals surface area contributed by atoms with E-state index in [1.54, 1.807) is 4.90 Å². The number of hydrogen-bond donors (Lipinski definition) is 2. The standard InChI is InChI=1S/C16H24N2O3/c1-12-3-5-14(6-4-12)15(20)11-17-7-9-18(10-8-17)16(21)13(2)19/h3-6,13,15,19-20H,7-11H2,1-2H3. The Morgan fingerprint density at radius 2 is 1.71 bits per heavy atom. The summed E-state index contributed by atoms with van der Waals surface area (Å²) in [6.45, 7) is 6.74. The number of carbonyl (C=O) groups is 1. The van der Waals surface area contributed by atoms with Gasteiger partial charge in [-0.15, -0.1) is 0 Å². The van der Waals surface area contributed by atoms with Crippen molar-refractivity contribution >= 4 is 5.91 Å². The molecule has 1 aromatic carbocycles. The van der Waals surface area contributed by atoms with Crippen molar-refractivity contribution < 1.29 is 15.0 Å². The maximum atomic E-state index is 11.7. The Hall–Kier alpha value is -1.43. The summed E-state index contributed by atoms with van der Waals surface area (Å²) in [7, 11) is 0. The Balaban J connectivity index is 1.83. The molecule has 0 saturated carbocycles. The Bertz CT molecular complexity index is 465. The third-order valence-electron chi connectivity index (χ3n) is 3.93. The van der Waals surface area contributed by atoms with Gasteiger partial charge < -0.3 is 15.1 Å². The van der Waals surface area contributed by atoms with E-state index in [0.717, 1.165) is 18.7 Å². The van der Waals surface area contributed by atoms with E-state index in [1.165, 1.54) is 12.5 Å². The van der Waals surface area contributed by atoms with Gasteiger partial charge in [0.2, 0.25) is 0 Å². The molecule has 5 nitrogen and oxygen atoms in total. The van der Waals surface area contributed by atoms with Crippen molar-refractivity contribution in [1.29, 1.82) is 0 Å². The lowest BCUT2D eigenvalue weighted by Crippen LogP contribution is -2.51. The zero-order chi connectivity index (χ0) is 15.4. The van der Waals surface area contributed by atoms with Gasteiger partial charge >= 0.3 is 0 Å². The minimum atomic E-state index is -0.935. The number of aliphatic hydroxyl groups is 2. The summed E-state index contributed by atoms with van der Waals surface area (Å²) in [5, 5.41) is 19.6. The van der Waals surface area contributed by atoms with Crippen LogP contribution in [0, 0.1) is 6.92 Å². The molecule has 0 aliphatic carbocycles. The number of rotatable bonds is 4. The maximum Gasteiger partial charge on any atom is 0.251 e. The summed E-state index contributed by atoms with van der Waals surface area (Å²) >= 11 is 0. The van der Waals surface area contributed by atoms with Crippen LogP contribution >= 0.6 is 0 Å². The first-order chi connectivity index (χ1) is 9.97. The van der Waals surface area contributed by atoms with Crippen LogP contribution in [0.3, 0.4) is 0 Å². The van der Waals surface area contributed by atoms with Crippen molar-refractivity contribution in [1.82, 2.24) is 9.80 Å². The van der Waals surface area contributed by atoms with E-state index < -0.39 is 12.2 Å². The third-order valence-corrected chi connectivity index (χ3v) is 3.93. The highest BCUT2D eigenvalue weighted by molar-refractivity contribution is 5.80. The van der Waals surface area contributed by atoms with E-state index >= 15 is 0 Å². The predicted molar refractivity (Wildman–Crippen MR) is 80.8 cm³/mol. The molecule has 116 valence electrons. The van der Waals surface area contributed by atoms with E-state index in [1.807, 2.05) is 31.2 Å². The fraction of sp³-hybridized carbons (Fsp3) is 0.562. The summed E-state index contributed by atoms with van der Waals surface area (Å²) < 4.78 is 0. The van der Waals surface area contributed by atoms with Crippen molar-refractivity contribution in [3.05, 3.63) is 35.4 Å². The second-order valence-electron chi connectivity index (χ2n) is 5.73. The largest absolute Gasteiger partial charge is 0.387 e. The van der Waals surface area contributed by atoms with E-state index in [9.17, 15) is 15.0 Å². The number of hydrogen-bond acceptors (Lipinski definition) is 4. The first-order valence-electron chi connectivity index (χ1n) is 7.41. The summed E-state index contributed by atoms with van der Waals surface area (Å²) in [6.07, 6.45) is -1.45. The van der Waals surface area contributed by atoms with Crippen molar-refractivity contribution in [2.75, 3.05) is 32.7 Å². The molecule has 2 rings (SSSR count). The quantitative estimate of drug-likeness (QED) is 0.851. The molecule has 2 unspecified atom stereocenters. The highest BCUT2D eigenvalue weighted by atomic mass is 16.3. The number of piperazine rings is 1. The number of carbonyl (C=O) groups excluding carboxylic acids is 1. The molecule has 2 N–H and O–H groups in total. The van der Waals surface area contributed by atoms with Gasteiger partial charge in [0, 0.05) is 32.7 Å². The molecule has 0 bridgehead atoms. The second kappa shape index (κ2) is 7.02. The lowest BCUT2D eigenvalue weighted by molar-refractivity contribution is -0.141. The molecule has 0 aromatic heterocycles. The number of aryl methyl sites for hydroxylation is 1. The summed E-state index contributed by atoms with van der Waals surface area (Å²) in [6, 6.07) is 7.90. The van der Waals surface area contributed by atoms with E-state index in [4.69, 9.17) is 0 Å². The molecular weight excluding hydrogens is 268 g/mol. The highest BCUT2D eigenvalue weighted by Gasteiger charge is 2.24. The number of nitrogens with zero attached hydrogens (tertiary/aromatic N) is 2. The fourth-order valence-electron chi connectivity index (χ4n) is 2.55. The molecule has 5 heteroatoms. The van der Waals surface area contributed by atoms with Crippen LogP contribution in [0.25, 0.3) is 0 Å². The first-order valence-corrected chi connectivity index (χ1v) is 7.41. The summed E-state index contributed by atoms with van der Waals surface area (Å²) in [5.74, 6) is -0.214. The Labute approximate surface area is 125 Å². The minimum absolute atomic E-state index is 0.214. The Morgan fingerprint density at radius 1 is 1.14 bits per heavy atom. The van der Waals surface area contributed by atoms with Crippen LogP contribution in [0.4, 0.5) is 0 Å². The normalized spacial score (nSPS) is 19.3. The lowest BCUT2D eigenvalue weighted by atomic mass is 10.1. The molecule has 1 saturated heterocycles. The summed E-state index contributed by atoms with van der Waals surface area (Å²) in [4.78, 5) is 15.5. The smallest absolute Gasteiger partial charge is 0.251 e. The zero-order valence-corrected chi connectivity index (χ0v) is 12.7. The molecule has 1 aliphatic heterocycles. The number of benzene rings is 1. The van der Waals surface area contributed by atoms with Gasteiger partial charge in [-0.25, -0.2) is 0 Å². The first kappa shape index (κ1) is 15.9. The SMILES string of the molecule is Cc1ccc(C(O)CN2CCN(C(=O)C(C)O)CC2)cc1. The topological polar surface area (TPSA) is 64.0 Å². The van der Waals surface area contributed by atoms with Crippen LogP contribution in [0.2, 0.25) is 0 Å². The average Bonchev–Trinajstić information content (AvgIpc) is 2.47. The van der Waals surface area contributed by atoms with Crippen LogP contribution in [0.5, 0.6) is 0 Å². The Kier molecular flexibility index (Phi) is 5.33. The molecule has 2 atom stereocenters. The molecular formula is C16H24N2O3. The molecule has 1 heterocycles. The van der Waals surface area contributed by atoms with E-state index in [-0.39, 0.29) is 5.91 Å². The molecule has 1 aliphatic rings. The van der Waals surface area contributed by atoms with Gasteiger partial charge in [-0.2, -0.15) is 0 Å². The molecule has 1 aromatic rings. The minimum Gasteiger partial charge on any atom is -0.387 e. The highest BCUT2D eigenvalue weighted by Crippen LogP contribution is 2.16. The van der Waals surface area contributed by atoms with Crippen LogP contribution in [-0.4, -0.2) is 64.7 Å². The number of amides is 1. The lowest BCUT2D eigenvalue weighted by Gasteiger charge is -2.36. The number of β-amino-alcohol motifs (C(OH)–C–C–N with tert-alkyl or cyclic N) is 1. The van der Waals surface area contributed by atoms with Crippen LogP contribution in [0.15, 0.2) is 24.3 Å². The maximum absolute atomic E-state index is 11.7. The van der Waals surface area contributed by atoms with Crippen molar-refractivity contribution in [3.63, 3.8) is 0 Å². The van der Waals surface area contributed by atoms with Crippen molar-refractivity contribution in [3.8, 4) is 0 Å². The van der Waals surface area contributed by atoms with E-state index in [0.29, 0.717) is 19.6 Å². The fourth-order valence-corrected chi connectivity index (χ4v) is 2.55. The second-order valence-corrected chi connectivity index (χ2v) is 5.73. The molecule has 0 radical (unpaired) electrons. The van der Waals surface area contributed by atoms with Crippen LogP contribution in [-0.2, 0) is 4.79 Å². The van der Waals surface area contributed by atoms with Crippen LogP contribution in [0.1, 0.15) is 24.2 Å². The Morgan fingerprint density at radius 3 is 2.24 bits per heavy atom. The van der Waals surface area contributed by atoms with Gasteiger partial charge in [0.1, 0.15) is 6.10 Å². The van der Waals surface area contributed by atoms with Gasteiger partial charge in [-0.3, -0.25) is 9.69 Å². The van der Waals surface area contributed by atoms with Gasteiger partial charge in [-0.05, 0) is 19.4 Å². The van der Waals surface area contributed by atoms with E-state index in [2.05, 4.69) is 4.90 Å². The average molecular weight is 292 g/mol. The van der Waals surface area contributed by atoms with Gasteiger partial charge in [-0.1, -0.05) is 29.8 Å². The van der Waals surface area contributed by atoms with Crippen molar-refractivity contribution in [2.45, 2.75) is 26.1 Å². The molecule has 1 amide bonds. The molecule has 0 spiro atoms. The zero-order valence-electron chi connectivity index (χ0n) is 12.7. The monoisotopic (exact) mass is 292 g/mol. The van der Waals surface area contributed by atoms with Gasteiger partial charge in [0.25, 0.3) is 5.91 Å². The summed E-state index contributed by atoms with van der Waals surface area (Å²) in [5.41, 5.74) is 2.10. The third kappa shape index (κ3) is 4.27. The van der Waals surface area contributed by atoms with Gasteiger partial charge in [0.15, 0.2) is 0 Å². The predicted octanol–water partition coefficient (Wildman–Crippen LogP) is 0.553. The van der Waals surface area contributed by atoms with Gasteiger partial charge in [0.05, 0.1) is 6.10 Å².